The quantitative estimate of drug-likeness (QED) is 0.812. The Balaban J connectivity index is 1.57. The molecule has 2 aromatic carbocycles. The third-order valence-corrected chi connectivity index (χ3v) is 6.77. The molecule has 6 heteroatoms. The summed E-state index contributed by atoms with van der Waals surface area (Å²) < 4.78 is 12.4. The Kier molecular flexibility index (Phi) is 4.69. The molecule has 5 rings (SSSR count). The fraction of sp³-hybridized carbons (Fsp3) is 0.391. The van der Waals surface area contributed by atoms with E-state index in [4.69, 9.17) is 21.1 Å². The van der Waals surface area contributed by atoms with Gasteiger partial charge in [0.15, 0.2) is 17.2 Å². The predicted octanol–water partition coefficient (Wildman–Crippen LogP) is 3.04. The largest absolute Gasteiger partial charge is 0.493 e. The van der Waals surface area contributed by atoms with E-state index in [2.05, 4.69) is 41.6 Å². The van der Waals surface area contributed by atoms with Crippen molar-refractivity contribution >= 4 is 17.3 Å². The van der Waals surface area contributed by atoms with E-state index in [-0.39, 0.29) is 11.8 Å². The van der Waals surface area contributed by atoms with Crippen molar-refractivity contribution in [1.29, 1.82) is 0 Å². The van der Waals surface area contributed by atoms with Crippen LogP contribution in [0.4, 0.5) is 0 Å². The first-order chi connectivity index (χ1) is 14.1. The number of hydrazine groups is 1. The molecule has 2 aromatic rings. The van der Waals surface area contributed by atoms with Gasteiger partial charge in [0.1, 0.15) is 0 Å². The van der Waals surface area contributed by atoms with Crippen LogP contribution in [0.25, 0.3) is 5.70 Å². The Morgan fingerprint density at radius 1 is 1.21 bits per heavy atom. The highest BCUT2D eigenvalue weighted by Gasteiger charge is 2.53. The molecule has 0 saturated carbocycles. The lowest BCUT2D eigenvalue weighted by Gasteiger charge is -2.50. The zero-order valence-corrected chi connectivity index (χ0v) is 17.6. The summed E-state index contributed by atoms with van der Waals surface area (Å²) in [5.41, 5.74) is 6.65. The normalized spacial score (nSPS) is 28.2. The lowest BCUT2D eigenvalue weighted by molar-refractivity contribution is -0.906. The van der Waals surface area contributed by atoms with E-state index in [9.17, 15) is 0 Å². The molecule has 3 aliphatic heterocycles. The number of rotatable bonds is 3. The Morgan fingerprint density at radius 3 is 2.66 bits per heavy atom. The SMILES string of the molecule is CC[NH+]1CCC2(CC1)Oc1c(OC)cccc1[C@H]1C=C(c3ccc(Cl)cc3)NN12. The first-order valence-electron chi connectivity index (χ1n) is 10.4. The predicted molar refractivity (Wildman–Crippen MR) is 114 cm³/mol. The van der Waals surface area contributed by atoms with Gasteiger partial charge in [0.25, 0.3) is 0 Å². The number of para-hydroxylation sites is 1. The number of fused-ring (bicyclic) bond motifs is 4. The van der Waals surface area contributed by atoms with Gasteiger partial charge in [-0.2, -0.15) is 5.01 Å². The van der Waals surface area contributed by atoms with Crippen LogP contribution in [0.2, 0.25) is 5.02 Å². The van der Waals surface area contributed by atoms with Crippen molar-refractivity contribution in [3.63, 3.8) is 0 Å². The molecule has 1 fully saturated rings. The van der Waals surface area contributed by atoms with E-state index >= 15 is 0 Å². The van der Waals surface area contributed by atoms with Crippen molar-refractivity contribution in [2.24, 2.45) is 0 Å². The van der Waals surface area contributed by atoms with Gasteiger partial charge in [0.05, 0.1) is 51.3 Å². The number of hydrogen-bond donors (Lipinski definition) is 2. The number of likely N-dealkylation sites (tertiary alicyclic amines) is 1. The summed E-state index contributed by atoms with van der Waals surface area (Å²) in [4.78, 5) is 1.63. The molecule has 3 aliphatic rings. The fourth-order valence-corrected chi connectivity index (χ4v) is 4.93. The second kappa shape index (κ2) is 7.24. The summed E-state index contributed by atoms with van der Waals surface area (Å²) in [6, 6.07) is 14.2. The number of ether oxygens (including phenoxy) is 2. The zero-order valence-electron chi connectivity index (χ0n) is 16.9. The molecule has 2 N–H and O–H groups in total. The molecule has 29 heavy (non-hydrogen) atoms. The Hall–Kier alpha value is -2.21. The van der Waals surface area contributed by atoms with Crippen LogP contribution in [0.3, 0.4) is 0 Å². The molecule has 3 heterocycles. The first-order valence-corrected chi connectivity index (χ1v) is 10.7. The molecule has 152 valence electrons. The summed E-state index contributed by atoms with van der Waals surface area (Å²) in [6.45, 7) is 5.61. The topological polar surface area (TPSA) is 38.2 Å². The molecule has 0 aromatic heterocycles. The summed E-state index contributed by atoms with van der Waals surface area (Å²) in [6.07, 6.45) is 4.24. The number of quaternary nitrogens is 1. The van der Waals surface area contributed by atoms with Gasteiger partial charge in [-0.05, 0) is 36.8 Å². The summed E-state index contributed by atoms with van der Waals surface area (Å²) in [5.74, 6) is 1.69. The molecular weight excluding hydrogens is 386 g/mol. The Bertz CT molecular complexity index is 936. The molecule has 0 unspecified atom stereocenters. The number of halogens is 1. The third kappa shape index (κ3) is 3.08. The van der Waals surface area contributed by atoms with Crippen LogP contribution in [0.15, 0.2) is 48.5 Å². The molecule has 0 aliphatic carbocycles. The van der Waals surface area contributed by atoms with E-state index in [1.165, 1.54) is 0 Å². The first kappa shape index (κ1) is 18.8. The molecule has 1 atom stereocenters. The standard InChI is InChI=1S/C23H26ClN3O2/c1-3-26-13-11-23(12-14-26)27-20(18-5-4-6-21(28-2)22(18)29-23)15-19(25-27)16-7-9-17(24)10-8-16/h4-10,15,20,25H,3,11-14H2,1-2H3/p+1/t20-/m1/s1. The molecule has 5 nitrogen and oxygen atoms in total. The minimum atomic E-state index is -0.379. The van der Waals surface area contributed by atoms with Crippen LogP contribution >= 0.6 is 11.6 Å². The fourth-order valence-electron chi connectivity index (χ4n) is 4.81. The zero-order chi connectivity index (χ0) is 20.0. The van der Waals surface area contributed by atoms with Crippen LogP contribution in [0, 0.1) is 0 Å². The second-order valence-corrected chi connectivity index (χ2v) is 8.48. The Morgan fingerprint density at radius 2 is 1.97 bits per heavy atom. The van der Waals surface area contributed by atoms with Crippen LogP contribution in [0.1, 0.15) is 36.9 Å². The van der Waals surface area contributed by atoms with Gasteiger partial charge in [-0.3, -0.25) is 0 Å². The average Bonchev–Trinajstić information content (AvgIpc) is 3.21. The smallest absolute Gasteiger partial charge is 0.191 e. The highest BCUT2D eigenvalue weighted by atomic mass is 35.5. The monoisotopic (exact) mass is 412 g/mol. The van der Waals surface area contributed by atoms with E-state index in [1.54, 1.807) is 12.0 Å². The highest BCUT2D eigenvalue weighted by molar-refractivity contribution is 6.30. The lowest BCUT2D eigenvalue weighted by atomic mass is 9.92. The molecule has 0 bridgehead atoms. The van der Waals surface area contributed by atoms with Gasteiger partial charge < -0.3 is 19.8 Å². The summed E-state index contributed by atoms with van der Waals surface area (Å²) in [7, 11) is 1.71. The minimum absolute atomic E-state index is 0.0997. The van der Waals surface area contributed by atoms with Crippen molar-refractivity contribution in [2.75, 3.05) is 26.7 Å². The highest BCUT2D eigenvalue weighted by Crippen LogP contribution is 2.50. The van der Waals surface area contributed by atoms with E-state index in [1.807, 2.05) is 24.3 Å². The summed E-state index contributed by atoms with van der Waals surface area (Å²) >= 11 is 6.10. The van der Waals surface area contributed by atoms with Gasteiger partial charge in [0, 0.05) is 10.6 Å². The van der Waals surface area contributed by atoms with Crippen LogP contribution in [0.5, 0.6) is 11.5 Å². The number of piperidine rings is 1. The maximum atomic E-state index is 6.76. The van der Waals surface area contributed by atoms with Gasteiger partial charge in [-0.15, -0.1) is 0 Å². The molecular formula is C23H27ClN3O2+. The number of hydrogen-bond acceptors (Lipinski definition) is 4. The number of benzene rings is 2. The molecule has 1 spiro atoms. The van der Waals surface area contributed by atoms with Crippen molar-refractivity contribution < 1.29 is 14.4 Å². The van der Waals surface area contributed by atoms with Crippen molar-refractivity contribution in [2.45, 2.75) is 31.5 Å². The van der Waals surface area contributed by atoms with Gasteiger partial charge in [-0.25, -0.2) is 0 Å². The van der Waals surface area contributed by atoms with Crippen molar-refractivity contribution in [3.05, 3.63) is 64.7 Å². The van der Waals surface area contributed by atoms with Gasteiger partial charge in [-0.1, -0.05) is 35.9 Å². The number of nitrogens with zero attached hydrogens (tertiary/aromatic N) is 1. The van der Waals surface area contributed by atoms with Gasteiger partial charge >= 0.3 is 0 Å². The maximum absolute atomic E-state index is 6.76. The maximum Gasteiger partial charge on any atom is 0.191 e. The molecule has 1 saturated heterocycles. The van der Waals surface area contributed by atoms with Crippen LogP contribution in [-0.2, 0) is 0 Å². The van der Waals surface area contributed by atoms with E-state index < -0.39 is 0 Å². The van der Waals surface area contributed by atoms with Crippen molar-refractivity contribution in [3.8, 4) is 11.5 Å². The minimum Gasteiger partial charge on any atom is -0.493 e. The van der Waals surface area contributed by atoms with Crippen LogP contribution in [-0.4, -0.2) is 37.5 Å². The molecule has 0 radical (unpaired) electrons. The third-order valence-electron chi connectivity index (χ3n) is 6.52. The van der Waals surface area contributed by atoms with Crippen LogP contribution < -0.4 is 19.8 Å². The summed E-state index contributed by atoms with van der Waals surface area (Å²) in [5, 5.41) is 3.07. The number of methoxy groups -OCH3 is 1. The van der Waals surface area contributed by atoms with Crippen molar-refractivity contribution in [1.82, 2.24) is 10.4 Å². The van der Waals surface area contributed by atoms with E-state index in [0.29, 0.717) is 0 Å². The molecule has 0 amide bonds. The number of nitrogens with one attached hydrogen (secondary N) is 2. The van der Waals surface area contributed by atoms with E-state index in [0.717, 1.165) is 65.8 Å². The Labute approximate surface area is 176 Å². The second-order valence-electron chi connectivity index (χ2n) is 8.04. The lowest BCUT2D eigenvalue weighted by Crippen LogP contribution is -3.13. The average molecular weight is 413 g/mol. The van der Waals surface area contributed by atoms with Gasteiger partial charge in [0.2, 0.25) is 0 Å².